The van der Waals surface area contributed by atoms with Gasteiger partial charge in [0.2, 0.25) is 0 Å². The van der Waals surface area contributed by atoms with Crippen LogP contribution in [0.4, 0.5) is 0 Å². The van der Waals surface area contributed by atoms with E-state index in [0.29, 0.717) is 17.5 Å². The van der Waals surface area contributed by atoms with Crippen molar-refractivity contribution in [3.63, 3.8) is 0 Å². The molecule has 0 aliphatic rings. The maximum absolute atomic E-state index is 5.16. The molecule has 8 aromatic carbocycles. The number of hydrogen-bond acceptors (Lipinski definition) is 4. The molecule has 0 N–H and O–H groups in total. The Balaban J connectivity index is 1.15. The lowest BCUT2D eigenvalue weighted by Gasteiger charge is -2.15. The van der Waals surface area contributed by atoms with Gasteiger partial charge >= 0.3 is 0 Å². The molecule has 0 unspecified atom stereocenters. The predicted molar refractivity (Wildman–Crippen MR) is 215 cm³/mol. The first-order chi connectivity index (χ1) is 25.3. The van der Waals surface area contributed by atoms with Crippen molar-refractivity contribution in [3.05, 3.63) is 176 Å². The average molecular weight is 668 g/mol. The smallest absolute Gasteiger partial charge is 0.174 e. The summed E-state index contributed by atoms with van der Waals surface area (Å²) < 4.78 is 1.21. The fraction of sp³-hybridized carbons (Fsp3) is 0. The van der Waals surface area contributed by atoms with Crippen molar-refractivity contribution in [1.82, 2.24) is 15.0 Å². The highest BCUT2D eigenvalue weighted by Crippen LogP contribution is 2.40. The Kier molecular flexibility index (Phi) is 7.00. The number of thiophene rings is 1. The molecule has 238 valence electrons. The summed E-state index contributed by atoms with van der Waals surface area (Å²) in [6.45, 7) is 0. The minimum absolute atomic E-state index is 0.649. The lowest BCUT2D eigenvalue weighted by Crippen LogP contribution is -2.00. The van der Waals surface area contributed by atoms with Gasteiger partial charge in [-0.1, -0.05) is 158 Å². The highest BCUT2D eigenvalue weighted by Gasteiger charge is 2.18. The summed E-state index contributed by atoms with van der Waals surface area (Å²) >= 11 is 1.71. The average Bonchev–Trinajstić information content (AvgIpc) is 3.65. The largest absolute Gasteiger partial charge is 0.208 e. The molecular weight excluding hydrogens is 639 g/mol. The Morgan fingerprint density at radius 3 is 1.78 bits per heavy atom. The molecule has 0 radical (unpaired) electrons. The van der Waals surface area contributed by atoms with Gasteiger partial charge in [-0.2, -0.15) is 0 Å². The molecule has 0 aliphatic carbocycles. The van der Waals surface area contributed by atoms with Crippen LogP contribution in [0.1, 0.15) is 0 Å². The van der Waals surface area contributed by atoms with Crippen LogP contribution in [0.15, 0.2) is 176 Å². The van der Waals surface area contributed by atoms with Gasteiger partial charge in [0.15, 0.2) is 17.5 Å². The van der Waals surface area contributed by atoms with Crippen LogP contribution in [-0.4, -0.2) is 15.0 Å². The van der Waals surface area contributed by atoms with E-state index in [1.54, 1.807) is 11.3 Å². The molecule has 4 heteroatoms. The predicted octanol–water partition coefficient (Wildman–Crippen LogP) is 12.9. The Morgan fingerprint density at radius 2 is 0.961 bits per heavy atom. The Hall–Kier alpha value is -6.49. The Bertz CT molecular complexity index is 2880. The summed E-state index contributed by atoms with van der Waals surface area (Å²) in [6.07, 6.45) is 0. The highest BCUT2D eigenvalue weighted by atomic mass is 32.1. The van der Waals surface area contributed by atoms with Gasteiger partial charge < -0.3 is 0 Å². The molecule has 2 heterocycles. The SMILES string of the molecule is c1ccc(-c2ccccc2-c2nc(-c3ccc(-c4c5ccccc5cc5c4ccc4ccccc45)cc3)nc(-c3cc4ccccc4s3)n2)cc1. The first-order valence-corrected chi connectivity index (χ1v) is 17.9. The van der Waals surface area contributed by atoms with Gasteiger partial charge in [-0.3, -0.25) is 0 Å². The van der Waals surface area contributed by atoms with Crippen molar-refractivity contribution < 1.29 is 0 Å². The fourth-order valence-electron chi connectivity index (χ4n) is 7.29. The number of hydrogen-bond donors (Lipinski definition) is 0. The minimum Gasteiger partial charge on any atom is -0.208 e. The summed E-state index contributed by atoms with van der Waals surface area (Å²) in [4.78, 5) is 16.4. The van der Waals surface area contributed by atoms with Gasteiger partial charge in [0.25, 0.3) is 0 Å². The summed E-state index contributed by atoms with van der Waals surface area (Å²) in [5, 5.41) is 8.67. The van der Waals surface area contributed by atoms with E-state index in [4.69, 9.17) is 15.0 Å². The second kappa shape index (κ2) is 12.1. The molecule has 0 bridgehead atoms. The third-order valence-electron chi connectivity index (χ3n) is 9.74. The maximum atomic E-state index is 5.16. The molecule has 0 amide bonds. The molecule has 0 aliphatic heterocycles. The molecule has 0 atom stereocenters. The standard InChI is InChI=1S/C47H29N3S/c1-2-12-30(13-3-1)36-17-9-10-20-40(36)46-48-45(49-47(50-46)43-29-35-16-6-11-21-42(35)51-43)33-24-22-32(23-25-33)44-38-19-8-5-15-34(38)28-41-37-18-7-4-14-31(37)26-27-39(41)44/h1-29H. The molecule has 2 aromatic heterocycles. The van der Waals surface area contributed by atoms with Crippen LogP contribution in [0.2, 0.25) is 0 Å². The van der Waals surface area contributed by atoms with Crippen LogP contribution in [-0.2, 0) is 0 Å². The fourth-order valence-corrected chi connectivity index (χ4v) is 8.29. The first-order valence-electron chi connectivity index (χ1n) is 17.1. The van der Waals surface area contributed by atoms with Crippen LogP contribution >= 0.6 is 11.3 Å². The number of benzene rings is 8. The van der Waals surface area contributed by atoms with E-state index in [9.17, 15) is 0 Å². The molecule has 0 fully saturated rings. The van der Waals surface area contributed by atoms with Gasteiger partial charge in [0, 0.05) is 15.8 Å². The van der Waals surface area contributed by atoms with Crippen molar-refractivity contribution in [2.75, 3.05) is 0 Å². The molecular formula is C47H29N3S. The maximum Gasteiger partial charge on any atom is 0.174 e. The van der Waals surface area contributed by atoms with E-state index >= 15 is 0 Å². The molecule has 0 saturated carbocycles. The van der Waals surface area contributed by atoms with Gasteiger partial charge in [0.1, 0.15) is 0 Å². The van der Waals surface area contributed by atoms with E-state index in [0.717, 1.165) is 32.7 Å². The topological polar surface area (TPSA) is 38.7 Å². The number of nitrogens with zero attached hydrogens (tertiary/aromatic N) is 3. The summed E-state index contributed by atoms with van der Waals surface area (Å²) in [7, 11) is 0. The van der Waals surface area contributed by atoms with Gasteiger partial charge in [-0.25, -0.2) is 15.0 Å². The quantitative estimate of drug-likeness (QED) is 0.135. The summed E-state index contributed by atoms with van der Waals surface area (Å²) in [5.41, 5.74) is 6.52. The third kappa shape index (κ3) is 5.16. The van der Waals surface area contributed by atoms with Gasteiger partial charge in [-0.05, 0) is 78.2 Å². The molecule has 3 nitrogen and oxygen atoms in total. The van der Waals surface area contributed by atoms with E-state index in [-0.39, 0.29) is 0 Å². The van der Waals surface area contributed by atoms with Crippen molar-refractivity contribution in [2.45, 2.75) is 0 Å². The first kappa shape index (κ1) is 29.4. The second-order valence-electron chi connectivity index (χ2n) is 12.8. The Morgan fingerprint density at radius 1 is 0.333 bits per heavy atom. The van der Waals surface area contributed by atoms with E-state index in [1.807, 2.05) is 6.07 Å². The zero-order valence-corrected chi connectivity index (χ0v) is 28.3. The van der Waals surface area contributed by atoms with Gasteiger partial charge in [-0.15, -0.1) is 11.3 Å². The molecule has 0 spiro atoms. The molecule has 51 heavy (non-hydrogen) atoms. The lowest BCUT2D eigenvalue weighted by molar-refractivity contribution is 1.08. The summed E-state index contributed by atoms with van der Waals surface area (Å²) in [6, 6.07) is 62.3. The van der Waals surface area contributed by atoms with Crippen LogP contribution in [0.25, 0.3) is 98.1 Å². The van der Waals surface area contributed by atoms with E-state index in [2.05, 4.69) is 170 Å². The lowest BCUT2D eigenvalue weighted by atomic mass is 9.89. The Labute approximate surface area is 299 Å². The normalized spacial score (nSPS) is 11.5. The monoisotopic (exact) mass is 667 g/mol. The van der Waals surface area contributed by atoms with Crippen LogP contribution in [0.5, 0.6) is 0 Å². The van der Waals surface area contributed by atoms with Crippen LogP contribution < -0.4 is 0 Å². The third-order valence-corrected chi connectivity index (χ3v) is 10.8. The zero-order chi connectivity index (χ0) is 33.7. The van der Waals surface area contributed by atoms with Crippen molar-refractivity contribution in [1.29, 1.82) is 0 Å². The van der Waals surface area contributed by atoms with Crippen LogP contribution in [0.3, 0.4) is 0 Å². The highest BCUT2D eigenvalue weighted by molar-refractivity contribution is 7.22. The van der Waals surface area contributed by atoms with Gasteiger partial charge in [0.05, 0.1) is 4.88 Å². The van der Waals surface area contributed by atoms with Crippen molar-refractivity contribution in [2.24, 2.45) is 0 Å². The van der Waals surface area contributed by atoms with Crippen LogP contribution in [0, 0.1) is 0 Å². The van der Waals surface area contributed by atoms with E-state index in [1.165, 1.54) is 48.0 Å². The number of fused-ring (bicyclic) bond motifs is 5. The van der Waals surface area contributed by atoms with Crippen molar-refractivity contribution >= 4 is 53.7 Å². The number of rotatable bonds is 5. The molecule has 10 rings (SSSR count). The number of aromatic nitrogens is 3. The molecule has 0 saturated heterocycles. The van der Waals surface area contributed by atoms with E-state index < -0.39 is 0 Å². The minimum atomic E-state index is 0.649. The zero-order valence-electron chi connectivity index (χ0n) is 27.5. The molecule has 10 aromatic rings. The van der Waals surface area contributed by atoms with Crippen molar-refractivity contribution in [3.8, 4) is 55.7 Å². The second-order valence-corrected chi connectivity index (χ2v) is 13.9. The summed E-state index contributed by atoms with van der Waals surface area (Å²) in [5.74, 6) is 1.98.